The van der Waals surface area contributed by atoms with E-state index in [9.17, 15) is 13.2 Å². The number of thiophene rings is 1. The number of aliphatic carboxylic acids is 1. The zero-order valence-electron chi connectivity index (χ0n) is 10.5. The molecule has 1 aromatic heterocycles. The Bertz CT molecular complexity index is 617. The van der Waals surface area contributed by atoms with Crippen molar-refractivity contribution in [2.45, 2.75) is 16.7 Å². The van der Waals surface area contributed by atoms with Crippen LogP contribution in [0.25, 0.3) is 0 Å². The number of hydrogen-bond donors (Lipinski definition) is 3. The summed E-state index contributed by atoms with van der Waals surface area (Å²) in [5, 5.41) is 20.2. The van der Waals surface area contributed by atoms with E-state index in [2.05, 4.69) is 11.4 Å². The number of carboxylic acid groups (broad SMARTS) is 1. The lowest BCUT2D eigenvalue weighted by Crippen LogP contribution is -2.53. The Kier molecular flexibility index (Phi) is 4.10. The van der Waals surface area contributed by atoms with Gasteiger partial charge in [0, 0.05) is 29.3 Å². The van der Waals surface area contributed by atoms with Crippen LogP contribution in [0.1, 0.15) is 16.0 Å². The highest BCUT2D eigenvalue weighted by Gasteiger charge is 2.48. The topological polar surface area (TPSA) is 99.1 Å². The second-order valence-corrected chi connectivity index (χ2v) is 6.94. The lowest BCUT2D eigenvalue weighted by atomic mass is 9.90. The SMILES string of the molecule is N#Cc1c(N)sc2c1C1(CNC1)SC2.O=C(O)C(F)(F)F. The van der Waals surface area contributed by atoms with Crippen molar-refractivity contribution >= 4 is 34.1 Å². The van der Waals surface area contributed by atoms with E-state index in [1.54, 1.807) is 11.3 Å². The zero-order valence-corrected chi connectivity index (χ0v) is 12.1. The molecule has 0 aliphatic carbocycles. The number of alkyl halides is 3. The summed E-state index contributed by atoms with van der Waals surface area (Å²) in [6.45, 7) is 1.96. The quantitative estimate of drug-likeness (QED) is 0.668. The van der Waals surface area contributed by atoms with Crippen molar-refractivity contribution in [1.82, 2.24) is 5.32 Å². The lowest BCUT2D eigenvalue weighted by molar-refractivity contribution is -0.192. The molecule has 0 aromatic carbocycles. The van der Waals surface area contributed by atoms with Crippen LogP contribution in [0.15, 0.2) is 0 Å². The summed E-state index contributed by atoms with van der Waals surface area (Å²) in [5.74, 6) is -1.74. The third-order valence-corrected chi connectivity index (χ3v) is 5.80. The van der Waals surface area contributed by atoms with Crippen LogP contribution in [0, 0.1) is 11.3 Å². The van der Waals surface area contributed by atoms with Gasteiger partial charge in [0.25, 0.3) is 0 Å². The van der Waals surface area contributed by atoms with E-state index in [1.165, 1.54) is 10.4 Å². The first-order chi connectivity index (χ1) is 9.71. The predicted octanol–water partition coefficient (Wildman–Crippen LogP) is 1.88. The molecule has 3 heterocycles. The highest BCUT2D eigenvalue weighted by atomic mass is 32.2. The van der Waals surface area contributed by atoms with Gasteiger partial charge in [-0.15, -0.1) is 23.1 Å². The molecular formula is C11H10F3N3O2S2. The summed E-state index contributed by atoms with van der Waals surface area (Å²) in [7, 11) is 0. The van der Waals surface area contributed by atoms with E-state index in [1.807, 2.05) is 11.8 Å². The molecule has 4 N–H and O–H groups in total. The third kappa shape index (κ3) is 2.81. The maximum atomic E-state index is 10.6. The van der Waals surface area contributed by atoms with Crippen molar-refractivity contribution in [3.05, 3.63) is 16.0 Å². The average molecular weight is 337 g/mol. The Hall–Kier alpha value is -1.44. The molecule has 114 valence electrons. The van der Waals surface area contributed by atoms with Crippen molar-refractivity contribution in [2.75, 3.05) is 18.8 Å². The summed E-state index contributed by atoms with van der Waals surface area (Å²) >= 11 is 3.53. The molecule has 2 aliphatic heterocycles. The van der Waals surface area contributed by atoms with Crippen LogP contribution < -0.4 is 11.1 Å². The van der Waals surface area contributed by atoms with Crippen LogP contribution in [0.3, 0.4) is 0 Å². The summed E-state index contributed by atoms with van der Waals surface area (Å²) < 4.78 is 31.9. The molecule has 1 aromatic rings. The number of thioether (sulfide) groups is 1. The number of rotatable bonds is 0. The van der Waals surface area contributed by atoms with Crippen LogP contribution >= 0.6 is 23.1 Å². The van der Waals surface area contributed by atoms with Crippen LogP contribution in [0.2, 0.25) is 0 Å². The minimum atomic E-state index is -5.08. The molecule has 21 heavy (non-hydrogen) atoms. The van der Waals surface area contributed by atoms with Crippen molar-refractivity contribution in [3.8, 4) is 6.07 Å². The summed E-state index contributed by atoms with van der Waals surface area (Å²) in [5.41, 5.74) is 7.79. The van der Waals surface area contributed by atoms with Gasteiger partial charge in [0.2, 0.25) is 0 Å². The molecule has 1 spiro atoms. The molecule has 5 nitrogen and oxygen atoms in total. The van der Waals surface area contributed by atoms with Gasteiger partial charge in [0.15, 0.2) is 0 Å². The van der Waals surface area contributed by atoms with Crippen LogP contribution in [0.5, 0.6) is 0 Å². The molecule has 0 bridgehead atoms. The van der Waals surface area contributed by atoms with Crippen molar-refractivity contribution in [3.63, 3.8) is 0 Å². The molecule has 3 rings (SSSR count). The number of nitrogens with two attached hydrogens (primary N) is 1. The molecule has 1 saturated heterocycles. The first-order valence-electron chi connectivity index (χ1n) is 5.68. The average Bonchev–Trinajstić information content (AvgIpc) is 2.82. The van der Waals surface area contributed by atoms with Crippen LogP contribution in [0.4, 0.5) is 18.2 Å². The van der Waals surface area contributed by atoms with Gasteiger partial charge >= 0.3 is 12.1 Å². The van der Waals surface area contributed by atoms with Gasteiger partial charge in [-0.05, 0) is 0 Å². The number of anilines is 1. The molecule has 0 unspecified atom stereocenters. The Morgan fingerprint density at radius 3 is 2.43 bits per heavy atom. The van der Waals surface area contributed by atoms with Gasteiger partial charge < -0.3 is 16.2 Å². The Morgan fingerprint density at radius 1 is 1.48 bits per heavy atom. The molecule has 10 heteroatoms. The number of carbonyl (C=O) groups is 1. The number of nitriles is 1. The van der Waals surface area contributed by atoms with Crippen molar-refractivity contribution in [2.24, 2.45) is 0 Å². The van der Waals surface area contributed by atoms with Crippen LogP contribution in [-0.2, 0) is 15.3 Å². The van der Waals surface area contributed by atoms with E-state index < -0.39 is 12.1 Å². The number of nitrogens with zero attached hydrogens (tertiary/aromatic N) is 1. The number of halogens is 3. The van der Waals surface area contributed by atoms with Gasteiger partial charge in [-0.25, -0.2) is 4.79 Å². The normalized spacial score (nSPS) is 18.2. The van der Waals surface area contributed by atoms with Crippen molar-refractivity contribution < 1.29 is 23.1 Å². The number of carboxylic acids is 1. The number of nitrogens with one attached hydrogen (secondary N) is 1. The minimum Gasteiger partial charge on any atom is -0.475 e. The number of fused-ring (bicyclic) bond motifs is 2. The highest BCUT2D eigenvalue weighted by Crippen LogP contribution is 2.54. The second-order valence-electron chi connectivity index (χ2n) is 4.44. The monoisotopic (exact) mass is 337 g/mol. The number of nitrogen functional groups attached to an aromatic ring is 1. The minimum absolute atomic E-state index is 0.175. The maximum Gasteiger partial charge on any atom is 0.490 e. The molecule has 0 amide bonds. The zero-order chi connectivity index (χ0) is 15.8. The molecule has 0 saturated carbocycles. The fraction of sp³-hybridized carbons (Fsp3) is 0.455. The van der Waals surface area contributed by atoms with Gasteiger partial charge in [-0.3, -0.25) is 0 Å². The van der Waals surface area contributed by atoms with Crippen LogP contribution in [-0.4, -0.2) is 30.3 Å². The molecule has 1 fully saturated rings. The first-order valence-corrected chi connectivity index (χ1v) is 7.48. The Labute approximate surface area is 125 Å². The van der Waals surface area contributed by atoms with Gasteiger partial charge in [-0.1, -0.05) is 0 Å². The van der Waals surface area contributed by atoms with Gasteiger partial charge in [-0.2, -0.15) is 18.4 Å². The smallest absolute Gasteiger partial charge is 0.475 e. The van der Waals surface area contributed by atoms with E-state index in [0.717, 1.165) is 24.4 Å². The summed E-state index contributed by atoms with van der Waals surface area (Å²) in [6, 6.07) is 2.24. The summed E-state index contributed by atoms with van der Waals surface area (Å²) in [4.78, 5) is 10.2. The van der Waals surface area contributed by atoms with E-state index in [0.29, 0.717) is 5.00 Å². The lowest BCUT2D eigenvalue weighted by Gasteiger charge is -2.39. The number of hydrogen-bond acceptors (Lipinski definition) is 6. The predicted molar refractivity (Wildman–Crippen MR) is 73.0 cm³/mol. The highest BCUT2D eigenvalue weighted by molar-refractivity contribution is 8.00. The van der Waals surface area contributed by atoms with Gasteiger partial charge in [0.1, 0.15) is 11.1 Å². The van der Waals surface area contributed by atoms with Crippen molar-refractivity contribution in [1.29, 1.82) is 5.26 Å². The Balaban J connectivity index is 0.000000199. The summed E-state index contributed by atoms with van der Waals surface area (Å²) in [6.07, 6.45) is -5.08. The fourth-order valence-corrected chi connectivity index (χ4v) is 4.82. The third-order valence-electron chi connectivity index (χ3n) is 3.12. The fourth-order valence-electron chi connectivity index (χ4n) is 2.10. The molecule has 2 aliphatic rings. The second kappa shape index (κ2) is 5.40. The first kappa shape index (κ1) is 15.9. The van der Waals surface area contributed by atoms with E-state index in [4.69, 9.17) is 20.9 Å². The Morgan fingerprint density at radius 2 is 2.05 bits per heavy atom. The molecule has 0 radical (unpaired) electrons. The van der Waals surface area contributed by atoms with Gasteiger partial charge in [0.05, 0.1) is 10.3 Å². The standard InChI is InChI=1S/C9H9N3S2.C2HF3O2/c10-1-5-7-6(14-8(5)11)2-13-9(7)3-12-4-9;3-2(4,5)1(6)7/h12H,2-4,11H2;(H,6,7). The molecule has 0 atom stereocenters. The maximum absolute atomic E-state index is 10.6. The van der Waals surface area contributed by atoms with E-state index >= 15 is 0 Å². The molecular weight excluding hydrogens is 327 g/mol. The van der Waals surface area contributed by atoms with E-state index in [-0.39, 0.29) is 4.75 Å². The largest absolute Gasteiger partial charge is 0.490 e.